The number of unbranched alkanes of at least 4 members (excludes halogenated alkanes) is 1. The van der Waals surface area contributed by atoms with Crippen molar-refractivity contribution in [3.8, 4) is 6.07 Å². The third kappa shape index (κ3) is 5.95. The first-order valence-corrected chi connectivity index (χ1v) is 6.83. The summed E-state index contributed by atoms with van der Waals surface area (Å²) >= 11 is 0. The van der Waals surface area contributed by atoms with Gasteiger partial charge in [-0.2, -0.15) is 5.26 Å². The molecule has 0 aliphatic carbocycles. The number of nitrogens with one attached hydrogen (secondary N) is 2. The van der Waals surface area contributed by atoms with Crippen molar-refractivity contribution in [1.29, 1.82) is 5.26 Å². The van der Waals surface area contributed by atoms with E-state index in [4.69, 9.17) is 10.4 Å². The first kappa shape index (κ1) is 16.5. The quantitative estimate of drug-likeness (QED) is 0.714. The predicted octanol–water partition coefficient (Wildman–Crippen LogP) is 2.00. The molecule has 0 aromatic heterocycles. The molecule has 0 spiro atoms. The van der Waals surface area contributed by atoms with Gasteiger partial charge in [0.2, 0.25) is 0 Å². The fourth-order valence-electron chi connectivity index (χ4n) is 1.75. The SMILES string of the molecule is CCCCC(NC(=O)NCc1ccc(C#N)cc1)C(=O)O. The summed E-state index contributed by atoms with van der Waals surface area (Å²) in [5, 5.41) is 22.7. The molecule has 0 bridgehead atoms. The number of carboxylic acid groups (broad SMARTS) is 1. The molecule has 21 heavy (non-hydrogen) atoms. The Hall–Kier alpha value is -2.55. The minimum atomic E-state index is -1.03. The van der Waals surface area contributed by atoms with E-state index in [0.717, 1.165) is 18.4 Å². The summed E-state index contributed by atoms with van der Waals surface area (Å²) in [6, 6.07) is 7.44. The van der Waals surface area contributed by atoms with Gasteiger partial charge in [-0.05, 0) is 24.1 Å². The van der Waals surface area contributed by atoms with Crippen LogP contribution in [0.25, 0.3) is 0 Å². The Morgan fingerprint density at radius 1 is 1.33 bits per heavy atom. The number of carbonyl (C=O) groups excluding carboxylic acids is 1. The topological polar surface area (TPSA) is 102 Å². The Morgan fingerprint density at radius 2 is 2.00 bits per heavy atom. The van der Waals surface area contributed by atoms with Crippen molar-refractivity contribution in [3.63, 3.8) is 0 Å². The van der Waals surface area contributed by atoms with Gasteiger partial charge in [-0.25, -0.2) is 9.59 Å². The Balaban J connectivity index is 2.44. The van der Waals surface area contributed by atoms with Crippen LogP contribution in [0, 0.1) is 11.3 Å². The van der Waals surface area contributed by atoms with Crippen molar-refractivity contribution < 1.29 is 14.7 Å². The zero-order chi connectivity index (χ0) is 15.7. The van der Waals surface area contributed by atoms with Crippen LogP contribution in [-0.2, 0) is 11.3 Å². The summed E-state index contributed by atoms with van der Waals surface area (Å²) in [6.07, 6.45) is 2.03. The van der Waals surface area contributed by atoms with E-state index in [1.165, 1.54) is 0 Å². The van der Waals surface area contributed by atoms with E-state index in [-0.39, 0.29) is 6.54 Å². The van der Waals surface area contributed by atoms with Gasteiger partial charge in [0.25, 0.3) is 0 Å². The van der Waals surface area contributed by atoms with Crippen LogP contribution in [0.2, 0.25) is 0 Å². The first-order chi connectivity index (χ1) is 10.1. The van der Waals surface area contributed by atoms with E-state index >= 15 is 0 Å². The molecule has 6 nitrogen and oxygen atoms in total. The van der Waals surface area contributed by atoms with Crippen LogP contribution in [0.5, 0.6) is 0 Å². The summed E-state index contributed by atoms with van der Waals surface area (Å²) < 4.78 is 0. The number of carbonyl (C=O) groups is 2. The maximum absolute atomic E-state index is 11.7. The molecule has 1 atom stereocenters. The van der Waals surface area contributed by atoms with Crippen molar-refractivity contribution in [1.82, 2.24) is 10.6 Å². The van der Waals surface area contributed by atoms with Gasteiger partial charge in [0, 0.05) is 6.54 Å². The fourth-order valence-corrected chi connectivity index (χ4v) is 1.75. The molecule has 1 aromatic carbocycles. The molecule has 0 saturated heterocycles. The number of hydrogen-bond acceptors (Lipinski definition) is 3. The number of benzene rings is 1. The maximum atomic E-state index is 11.7. The molecule has 0 heterocycles. The molecule has 2 amide bonds. The standard InChI is InChI=1S/C15H19N3O3/c1-2-3-4-13(14(19)20)18-15(21)17-10-12-7-5-11(9-16)6-8-12/h5-8,13H,2-4,10H2,1H3,(H,19,20)(H2,17,18,21). The third-order valence-corrected chi connectivity index (χ3v) is 2.99. The normalized spacial score (nSPS) is 11.2. The molecular weight excluding hydrogens is 270 g/mol. The second-order valence-corrected chi connectivity index (χ2v) is 4.67. The van der Waals surface area contributed by atoms with E-state index in [9.17, 15) is 9.59 Å². The number of nitriles is 1. The smallest absolute Gasteiger partial charge is 0.326 e. The summed E-state index contributed by atoms with van der Waals surface area (Å²) in [5.74, 6) is -1.03. The van der Waals surface area contributed by atoms with E-state index in [1.807, 2.05) is 13.0 Å². The number of hydrogen-bond donors (Lipinski definition) is 3. The summed E-state index contributed by atoms with van der Waals surface area (Å²) in [5.41, 5.74) is 1.39. The van der Waals surface area contributed by atoms with Crippen LogP contribution in [0.15, 0.2) is 24.3 Å². The van der Waals surface area contributed by atoms with Gasteiger partial charge in [-0.3, -0.25) is 0 Å². The fraction of sp³-hybridized carbons (Fsp3) is 0.400. The predicted molar refractivity (Wildman–Crippen MR) is 77.5 cm³/mol. The number of urea groups is 1. The summed E-state index contributed by atoms with van der Waals surface area (Å²) in [4.78, 5) is 22.7. The largest absolute Gasteiger partial charge is 0.480 e. The molecule has 0 aliphatic heterocycles. The zero-order valence-electron chi connectivity index (χ0n) is 11.9. The number of carboxylic acids is 1. The van der Waals surface area contributed by atoms with Gasteiger partial charge >= 0.3 is 12.0 Å². The molecule has 112 valence electrons. The monoisotopic (exact) mass is 289 g/mol. The lowest BCUT2D eigenvalue weighted by Crippen LogP contribution is -2.45. The van der Waals surface area contributed by atoms with Gasteiger partial charge in [-0.15, -0.1) is 0 Å². The zero-order valence-corrected chi connectivity index (χ0v) is 11.9. The molecule has 0 aliphatic rings. The van der Waals surface area contributed by atoms with E-state index < -0.39 is 18.0 Å². The highest BCUT2D eigenvalue weighted by atomic mass is 16.4. The molecule has 0 fully saturated rings. The van der Waals surface area contributed by atoms with Gasteiger partial charge in [-0.1, -0.05) is 31.9 Å². The Kier molecular flexibility index (Phi) is 6.75. The number of amides is 2. The highest BCUT2D eigenvalue weighted by Crippen LogP contribution is 2.03. The lowest BCUT2D eigenvalue weighted by Gasteiger charge is -2.14. The van der Waals surface area contributed by atoms with Crippen molar-refractivity contribution >= 4 is 12.0 Å². The van der Waals surface area contributed by atoms with Crippen LogP contribution in [0.1, 0.15) is 37.3 Å². The molecule has 6 heteroatoms. The van der Waals surface area contributed by atoms with Crippen LogP contribution >= 0.6 is 0 Å². The van der Waals surface area contributed by atoms with Gasteiger partial charge in [0.05, 0.1) is 11.6 Å². The van der Waals surface area contributed by atoms with Crippen molar-refractivity contribution in [2.24, 2.45) is 0 Å². The number of rotatable bonds is 7. The Bertz CT molecular complexity index is 520. The van der Waals surface area contributed by atoms with E-state index in [0.29, 0.717) is 12.0 Å². The highest BCUT2D eigenvalue weighted by molar-refractivity contribution is 5.82. The maximum Gasteiger partial charge on any atom is 0.326 e. The van der Waals surface area contributed by atoms with Crippen molar-refractivity contribution in [2.45, 2.75) is 38.8 Å². The van der Waals surface area contributed by atoms with E-state index in [2.05, 4.69) is 10.6 Å². The average Bonchev–Trinajstić information content (AvgIpc) is 2.49. The lowest BCUT2D eigenvalue weighted by atomic mass is 10.1. The van der Waals surface area contributed by atoms with Crippen LogP contribution in [0.4, 0.5) is 4.79 Å². The molecule has 1 aromatic rings. The third-order valence-electron chi connectivity index (χ3n) is 2.99. The van der Waals surface area contributed by atoms with Gasteiger partial charge < -0.3 is 15.7 Å². The van der Waals surface area contributed by atoms with Crippen LogP contribution in [-0.4, -0.2) is 23.1 Å². The van der Waals surface area contributed by atoms with Gasteiger partial charge in [0.1, 0.15) is 6.04 Å². The van der Waals surface area contributed by atoms with Crippen LogP contribution < -0.4 is 10.6 Å². The Morgan fingerprint density at radius 3 is 2.52 bits per heavy atom. The number of nitrogens with zero attached hydrogens (tertiary/aromatic N) is 1. The number of aliphatic carboxylic acids is 1. The van der Waals surface area contributed by atoms with Crippen molar-refractivity contribution in [2.75, 3.05) is 0 Å². The van der Waals surface area contributed by atoms with Gasteiger partial charge in [0.15, 0.2) is 0 Å². The molecule has 1 rings (SSSR count). The molecule has 1 unspecified atom stereocenters. The summed E-state index contributed by atoms with van der Waals surface area (Å²) in [7, 11) is 0. The van der Waals surface area contributed by atoms with E-state index in [1.54, 1.807) is 24.3 Å². The summed E-state index contributed by atoms with van der Waals surface area (Å²) in [6.45, 7) is 2.24. The average molecular weight is 289 g/mol. The first-order valence-electron chi connectivity index (χ1n) is 6.83. The van der Waals surface area contributed by atoms with Crippen molar-refractivity contribution in [3.05, 3.63) is 35.4 Å². The Labute approximate surface area is 123 Å². The molecule has 0 radical (unpaired) electrons. The minimum Gasteiger partial charge on any atom is -0.480 e. The minimum absolute atomic E-state index is 0.275. The highest BCUT2D eigenvalue weighted by Gasteiger charge is 2.18. The van der Waals surface area contributed by atoms with Crippen LogP contribution in [0.3, 0.4) is 0 Å². The molecular formula is C15H19N3O3. The second-order valence-electron chi connectivity index (χ2n) is 4.67. The second kappa shape index (κ2) is 8.59. The molecule has 3 N–H and O–H groups in total. The molecule has 0 saturated carbocycles. The lowest BCUT2D eigenvalue weighted by molar-refractivity contribution is -0.139.